The van der Waals surface area contributed by atoms with E-state index in [1.807, 2.05) is 31.2 Å². The molecule has 0 aliphatic heterocycles. The van der Waals surface area contributed by atoms with Gasteiger partial charge in [0.15, 0.2) is 0 Å². The summed E-state index contributed by atoms with van der Waals surface area (Å²) in [6.45, 7) is 2.86. The molecule has 0 aliphatic rings. The monoisotopic (exact) mass is 389 g/mol. The normalized spacial score (nSPS) is 12.4. The zero-order chi connectivity index (χ0) is 15.4. The first-order chi connectivity index (χ1) is 10.0. The molecule has 0 radical (unpaired) electrons. The van der Waals surface area contributed by atoms with Crippen LogP contribution < -0.4 is 5.32 Å². The molecule has 0 amide bonds. The fourth-order valence-corrected chi connectivity index (χ4v) is 2.82. The van der Waals surface area contributed by atoms with E-state index in [-0.39, 0.29) is 16.9 Å². The number of hydrogen-bond acceptors (Lipinski definition) is 1. The Morgan fingerprint density at radius 3 is 2.48 bits per heavy atom. The Balaban J connectivity index is 2.25. The van der Waals surface area contributed by atoms with Gasteiger partial charge in [0.1, 0.15) is 5.82 Å². The summed E-state index contributed by atoms with van der Waals surface area (Å²) in [6.07, 6.45) is 0.677. The van der Waals surface area contributed by atoms with E-state index in [9.17, 15) is 4.39 Å². The van der Waals surface area contributed by atoms with E-state index in [1.165, 1.54) is 6.07 Å². The lowest BCUT2D eigenvalue weighted by molar-refractivity contribution is 0.546. The quantitative estimate of drug-likeness (QED) is 0.681. The van der Waals surface area contributed by atoms with Crippen LogP contribution in [0.25, 0.3) is 0 Å². The predicted octanol–water partition coefficient (Wildman–Crippen LogP) is 5.79. The van der Waals surface area contributed by atoms with Crippen molar-refractivity contribution < 1.29 is 4.39 Å². The maximum atomic E-state index is 13.6. The van der Waals surface area contributed by atoms with E-state index in [4.69, 9.17) is 23.2 Å². The molecule has 0 spiro atoms. The molecule has 2 rings (SSSR count). The van der Waals surface area contributed by atoms with Crippen molar-refractivity contribution in [2.75, 3.05) is 6.54 Å². The van der Waals surface area contributed by atoms with Gasteiger partial charge in [0, 0.05) is 10.5 Å². The fraction of sp³-hybridized carbons (Fsp3) is 0.250. The smallest absolute Gasteiger partial charge is 0.142 e. The molecule has 1 unspecified atom stereocenters. The molecule has 1 N–H and O–H groups in total. The summed E-state index contributed by atoms with van der Waals surface area (Å²) >= 11 is 15.2. The summed E-state index contributed by atoms with van der Waals surface area (Å²) in [5, 5.41) is 4.23. The third-order valence-corrected chi connectivity index (χ3v) is 4.74. The Labute approximate surface area is 142 Å². The van der Waals surface area contributed by atoms with Gasteiger partial charge in [-0.3, -0.25) is 0 Å². The molecule has 2 aromatic rings. The van der Waals surface area contributed by atoms with Gasteiger partial charge in [-0.1, -0.05) is 42.3 Å². The highest BCUT2D eigenvalue weighted by Crippen LogP contribution is 2.28. The third kappa shape index (κ3) is 4.43. The summed E-state index contributed by atoms with van der Waals surface area (Å²) in [7, 11) is 0. The van der Waals surface area contributed by atoms with Crippen LogP contribution in [-0.2, 0) is 6.42 Å². The molecule has 112 valence electrons. The van der Waals surface area contributed by atoms with Crippen molar-refractivity contribution in [1.82, 2.24) is 5.32 Å². The maximum Gasteiger partial charge on any atom is 0.142 e. The molecule has 0 fully saturated rings. The minimum atomic E-state index is -0.387. The Morgan fingerprint density at radius 2 is 1.86 bits per heavy atom. The molecule has 0 aromatic heterocycles. The first-order valence-corrected chi connectivity index (χ1v) is 8.18. The van der Waals surface area contributed by atoms with E-state index >= 15 is 0 Å². The van der Waals surface area contributed by atoms with Gasteiger partial charge in [0.2, 0.25) is 0 Å². The van der Waals surface area contributed by atoms with Gasteiger partial charge in [-0.15, -0.1) is 0 Å². The van der Waals surface area contributed by atoms with Gasteiger partial charge < -0.3 is 5.32 Å². The van der Waals surface area contributed by atoms with Gasteiger partial charge in [-0.05, 0) is 64.3 Å². The van der Waals surface area contributed by atoms with Crippen LogP contribution in [0.5, 0.6) is 0 Å². The van der Waals surface area contributed by atoms with Crippen molar-refractivity contribution in [3.05, 3.63) is 67.9 Å². The van der Waals surface area contributed by atoms with E-state index in [2.05, 4.69) is 21.2 Å². The van der Waals surface area contributed by atoms with Crippen LogP contribution in [0, 0.1) is 5.82 Å². The molecule has 0 heterocycles. The lowest BCUT2D eigenvalue weighted by Gasteiger charge is -2.19. The molecule has 0 saturated carbocycles. The van der Waals surface area contributed by atoms with E-state index in [1.54, 1.807) is 6.07 Å². The van der Waals surface area contributed by atoms with Crippen molar-refractivity contribution in [2.45, 2.75) is 19.4 Å². The van der Waals surface area contributed by atoms with Crippen molar-refractivity contribution in [1.29, 1.82) is 0 Å². The standard InChI is InChI=1S/C16H15BrCl2FN/c1-2-21-16(11-4-6-13(18)12(17)9-11)8-10-3-5-14(19)15(20)7-10/h3-7,9,16,21H,2,8H2,1H3. The van der Waals surface area contributed by atoms with Crippen molar-refractivity contribution >= 4 is 39.1 Å². The number of hydrogen-bond donors (Lipinski definition) is 1. The molecule has 5 heteroatoms. The topological polar surface area (TPSA) is 12.0 Å². The lowest BCUT2D eigenvalue weighted by Crippen LogP contribution is -2.23. The first-order valence-electron chi connectivity index (χ1n) is 6.63. The second-order valence-electron chi connectivity index (χ2n) is 4.74. The minimum absolute atomic E-state index is 0.0872. The predicted molar refractivity (Wildman–Crippen MR) is 90.7 cm³/mol. The highest BCUT2D eigenvalue weighted by atomic mass is 79.9. The molecule has 21 heavy (non-hydrogen) atoms. The second-order valence-corrected chi connectivity index (χ2v) is 6.41. The summed E-state index contributed by atoms with van der Waals surface area (Å²) in [6, 6.07) is 10.8. The van der Waals surface area contributed by atoms with Crippen LogP contribution >= 0.6 is 39.1 Å². The van der Waals surface area contributed by atoms with Gasteiger partial charge in [0.05, 0.1) is 10.0 Å². The van der Waals surface area contributed by atoms with Crippen molar-refractivity contribution in [3.63, 3.8) is 0 Å². The van der Waals surface area contributed by atoms with Crippen molar-refractivity contribution in [3.8, 4) is 0 Å². The Kier molecular flexibility index (Phi) is 6.06. The zero-order valence-corrected chi connectivity index (χ0v) is 14.6. The molecule has 0 aliphatic carbocycles. The van der Waals surface area contributed by atoms with Gasteiger partial charge in [-0.25, -0.2) is 4.39 Å². The van der Waals surface area contributed by atoms with Crippen molar-refractivity contribution in [2.24, 2.45) is 0 Å². The molecule has 0 bridgehead atoms. The number of halogens is 4. The highest BCUT2D eigenvalue weighted by Gasteiger charge is 2.13. The van der Waals surface area contributed by atoms with Crippen LogP contribution in [0.15, 0.2) is 40.9 Å². The highest BCUT2D eigenvalue weighted by molar-refractivity contribution is 9.10. The maximum absolute atomic E-state index is 13.6. The largest absolute Gasteiger partial charge is 0.310 e. The van der Waals surface area contributed by atoms with Crippen LogP contribution in [0.4, 0.5) is 4.39 Å². The summed E-state index contributed by atoms with van der Waals surface area (Å²) in [4.78, 5) is 0. The second kappa shape index (κ2) is 7.59. The average Bonchev–Trinajstić information content (AvgIpc) is 2.45. The molecule has 1 atom stereocenters. The van der Waals surface area contributed by atoms with Crippen LogP contribution in [0.1, 0.15) is 24.1 Å². The van der Waals surface area contributed by atoms with E-state index in [0.717, 1.165) is 22.1 Å². The van der Waals surface area contributed by atoms with Gasteiger partial charge >= 0.3 is 0 Å². The fourth-order valence-electron chi connectivity index (χ4n) is 2.19. The number of nitrogens with one attached hydrogen (secondary N) is 1. The number of likely N-dealkylation sites (N-methyl/N-ethyl adjacent to an activating group) is 1. The lowest BCUT2D eigenvalue weighted by atomic mass is 9.99. The third-order valence-electron chi connectivity index (χ3n) is 3.22. The molecule has 0 saturated heterocycles. The van der Waals surface area contributed by atoms with Gasteiger partial charge in [-0.2, -0.15) is 0 Å². The number of rotatable bonds is 5. The minimum Gasteiger partial charge on any atom is -0.310 e. The Hall–Kier alpha value is -0.610. The summed E-state index contributed by atoms with van der Waals surface area (Å²) in [5.41, 5.74) is 2.00. The van der Waals surface area contributed by atoms with Crippen LogP contribution in [0.2, 0.25) is 10.0 Å². The van der Waals surface area contributed by atoms with Gasteiger partial charge in [0.25, 0.3) is 0 Å². The Morgan fingerprint density at radius 1 is 1.14 bits per heavy atom. The molecule has 1 nitrogen and oxygen atoms in total. The zero-order valence-electron chi connectivity index (χ0n) is 11.5. The van der Waals surface area contributed by atoms with Crippen LogP contribution in [0.3, 0.4) is 0 Å². The molecular weight excluding hydrogens is 376 g/mol. The first kappa shape index (κ1) is 16.8. The van der Waals surface area contributed by atoms with E-state index < -0.39 is 0 Å². The molecule has 2 aromatic carbocycles. The molecular formula is C16H15BrCl2FN. The SMILES string of the molecule is CCNC(Cc1ccc(Cl)c(F)c1)c1ccc(Cl)c(Br)c1. The number of benzene rings is 2. The van der Waals surface area contributed by atoms with E-state index in [0.29, 0.717) is 11.4 Å². The Bertz CT molecular complexity index is 634. The average molecular weight is 391 g/mol. The summed E-state index contributed by atoms with van der Waals surface area (Å²) < 4.78 is 14.4. The van der Waals surface area contributed by atoms with Crippen LogP contribution in [-0.4, -0.2) is 6.54 Å². The summed E-state index contributed by atoms with van der Waals surface area (Å²) in [5.74, 6) is -0.387.